The van der Waals surface area contributed by atoms with E-state index in [2.05, 4.69) is 4.99 Å². The number of amides is 1. The second kappa shape index (κ2) is 8.34. The molecule has 6 nitrogen and oxygen atoms in total. The largest absolute Gasteiger partial charge is 0.478 e. The van der Waals surface area contributed by atoms with Crippen LogP contribution in [0.15, 0.2) is 47.5 Å². The van der Waals surface area contributed by atoms with Crippen LogP contribution in [-0.2, 0) is 20.9 Å². The Labute approximate surface area is 175 Å². The lowest BCUT2D eigenvalue weighted by Crippen LogP contribution is -2.38. The zero-order valence-electron chi connectivity index (χ0n) is 15.9. The summed E-state index contributed by atoms with van der Waals surface area (Å²) in [6.07, 6.45) is 0. The average Bonchev–Trinajstić information content (AvgIpc) is 2.99. The zero-order chi connectivity index (χ0) is 21.2. The van der Waals surface area contributed by atoms with Crippen LogP contribution in [0.4, 0.5) is 4.39 Å². The molecule has 1 aromatic heterocycles. The summed E-state index contributed by atoms with van der Waals surface area (Å²) in [6, 6.07) is 10.7. The van der Waals surface area contributed by atoms with Gasteiger partial charge < -0.3 is 14.0 Å². The quantitative estimate of drug-likeness (QED) is 0.568. The maximum Gasteiger partial charge on any atom is 0.325 e. The average molecular weight is 437 g/mol. The number of carbonyl (C=O) groups excluding carboxylic acids is 2. The van der Waals surface area contributed by atoms with Gasteiger partial charge in [-0.15, -0.1) is 0 Å². The maximum atomic E-state index is 13.6. The molecule has 0 atom stereocenters. The lowest BCUT2D eigenvalue weighted by atomic mass is 10.1. The number of rotatable bonds is 5. The minimum atomic E-state index is -1.28. The van der Waals surface area contributed by atoms with Gasteiger partial charge in [0.05, 0.1) is 17.3 Å². The number of ether oxygens (including phenoxy) is 2. The fourth-order valence-electron chi connectivity index (χ4n) is 2.54. The Bertz CT molecular complexity index is 1140. The Morgan fingerprint density at radius 1 is 1.21 bits per heavy atom. The van der Waals surface area contributed by atoms with Crippen molar-refractivity contribution in [1.29, 1.82) is 0 Å². The Morgan fingerprint density at radius 2 is 1.90 bits per heavy atom. The number of hydrogen-bond donors (Lipinski definition) is 0. The van der Waals surface area contributed by atoms with Crippen molar-refractivity contribution in [1.82, 2.24) is 4.57 Å². The van der Waals surface area contributed by atoms with Crippen LogP contribution in [0.5, 0.6) is 5.75 Å². The van der Waals surface area contributed by atoms with Crippen molar-refractivity contribution in [3.8, 4) is 5.75 Å². The molecule has 9 heteroatoms. The molecule has 1 heterocycles. The molecule has 3 rings (SSSR count). The van der Waals surface area contributed by atoms with Crippen molar-refractivity contribution in [3.63, 3.8) is 0 Å². The van der Waals surface area contributed by atoms with Crippen LogP contribution >= 0.6 is 22.9 Å². The van der Waals surface area contributed by atoms with E-state index >= 15 is 0 Å². The third kappa shape index (κ3) is 4.83. The highest BCUT2D eigenvalue weighted by Crippen LogP contribution is 2.22. The number of esters is 1. The fourth-order valence-corrected chi connectivity index (χ4v) is 3.72. The smallest absolute Gasteiger partial charge is 0.325 e. The van der Waals surface area contributed by atoms with E-state index in [0.29, 0.717) is 21.0 Å². The normalized spacial score (nSPS) is 12.2. The van der Waals surface area contributed by atoms with Crippen molar-refractivity contribution in [3.05, 3.63) is 58.1 Å². The first-order valence-corrected chi connectivity index (χ1v) is 9.78. The van der Waals surface area contributed by atoms with Crippen LogP contribution in [0.2, 0.25) is 5.02 Å². The molecule has 0 aliphatic rings. The highest BCUT2D eigenvalue weighted by molar-refractivity contribution is 7.16. The summed E-state index contributed by atoms with van der Waals surface area (Å²) < 4.78 is 26.2. The van der Waals surface area contributed by atoms with Crippen LogP contribution in [0, 0.1) is 5.82 Å². The number of halogens is 2. The van der Waals surface area contributed by atoms with Gasteiger partial charge in [0.1, 0.15) is 18.1 Å². The molecule has 0 N–H and O–H groups in total. The number of nitrogens with zero attached hydrogens (tertiary/aromatic N) is 2. The summed E-state index contributed by atoms with van der Waals surface area (Å²) in [5.41, 5.74) is -0.706. The van der Waals surface area contributed by atoms with Gasteiger partial charge in [-0.1, -0.05) is 22.9 Å². The van der Waals surface area contributed by atoms with E-state index in [1.54, 1.807) is 38.1 Å². The first-order valence-electron chi connectivity index (χ1n) is 8.59. The highest BCUT2D eigenvalue weighted by Gasteiger charge is 2.30. The summed E-state index contributed by atoms with van der Waals surface area (Å²) in [7, 11) is 1.27. The van der Waals surface area contributed by atoms with E-state index < -0.39 is 23.3 Å². The molecule has 3 aromatic rings. The van der Waals surface area contributed by atoms with Crippen LogP contribution in [0.1, 0.15) is 13.8 Å². The van der Waals surface area contributed by atoms with Crippen LogP contribution in [-0.4, -0.2) is 29.2 Å². The Balaban J connectivity index is 2.00. The van der Waals surface area contributed by atoms with Gasteiger partial charge in [0.15, 0.2) is 10.4 Å². The van der Waals surface area contributed by atoms with Crippen LogP contribution in [0.25, 0.3) is 10.2 Å². The van der Waals surface area contributed by atoms with E-state index in [1.807, 2.05) is 0 Å². The standard InChI is InChI=1S/C20H18ClFN2O4S/c1-20(2,28-14-7-4-12(21)5-8-14)18(26)23-19-24(11-17(25)27-3)15-9-6-13(22)10-16(15)29-19/h4-10H,11H2,1-3H3. The van der Waals surface area contributed by atoms with Crippen molar-refractivity contribution in [2.75, 3.05) is 7.11 Å². The lowest BCUT2D eigenvalue weighted by Gasteiger charge is -2.22. The van der Waals surface area contributed by atoms with Crippen molar-refractivity contribution < 1.29 is 23.5 Å². The van der Waals surface area contributed by atoms with Crippen molar-refractivity contribution in [2.24, 2.45) is 4.99 Å². The number of fused-ring (bicyclic) bond motifs is 1. The Hall–Kier alpha value is -2.71. The third-order valence-corrected chi connectivity index (χ3v) is 5.35. The van der Waals surface area contributed by atoms with Gasteiger partial charge in [0.25, 0.3) is 5.91 Å². The summed E-state index contributed by atoms with van der Waals surface area (Å²) in [6.45, 7) is 3.02. The number of thiazole rings is 1. The topological polar surface area (TPSA) is 69.9 Å². The predicted octanol–water partition coefficient (Wildman–Crippen LogP) is 3.95. The van der Waals surface area contributed by atoms with E-state index in [-0.39, 0.29) is 11.3 Å². The molecule has 0 saturated carbocycles. The minimum Gasteiger partial charge on any atom is -0.478 e. The molecular formula is C20H18ClFN2O4S. The highest BCUT2D eigenvalue weighted by atomic mass is 35.5. The fraction of sp³-hybridized carbons (Fsp3) is 0.250. The lowest BCUT2D eigenvalue weighted by molar-refractivity contribution is -0.141. The number of carbonyl (C=O) groups is 2. The number of hydrogen-bond acceptors (Lipinski definition) is 5. The van der Waals surface area contributed by atoms with Gasteiger partial charge in [-0.05, 0) is 56.3 Å². The molecule has 0 bridgehead atoms. The van der Waals surface area contributed by atoms with E-state index in [4.69, 9.17) is 21.1 Å². The molecule has 0 radical (unpaired) electrons. The second-order valence-corrected chi connectivity index (χ2v) is 8.09. The van der Waals surface area contributed by atoms with Gasteiger partial charge in [-0.3, -0.25) is 9.59 Å². The number of methoxy groups -OCH3 is 1. The summed E-state index contributed by atoms with van der Waals surface area (Å²) in [4.78, 5) is 29.1. The first-order chi connectivity index (χ1) is 13.7. The monoisotopic (exact) mass is 436 g/mol. The van der Waals surface area contributed by atoms with Gasteiger partial charge in [0, 0.05) is 5.02 Å². The van der Waals surface area contributed by atoms with Gasteiger partial charge >= 0.3 is 5.97 Å². The summed E-state index contributed by atoms with van der Waals surface area (Å²) in [5.74, 6) is -1.03. The van der Waals surface area contributed by atoms with E-state index in [0.717, 1.165) is 11.3 Å². The molecule has 29 heavy (non-hydrogen) atoms. The van der Waals surface area contributed by atoms with Crippen LogP contribution < -0.4 is 9.54 Å². The van der Waals surface area contributed by atoms with Crippen LogP contribution in [0.3, 0.4) is 0 Å². The molecule has 0 fully saturated rings. The molecule has 0 saturated heterocycles. The number of benzene rings is 2. The summed E-state index contributed by atoms with van der Waals surface area (Å²) in [5, 5.41) is 0.549. The minimum absolute atomic E-state index is 0.160. The maximum absolute atomic E-state index is 13.6. The van der Waals surface area contributed by atoms with E-state index in [1.165, 1.54) is 29.9 Å². The number of aromatic nitrogens is 1. The Morgan fingerprint density at radius 3 is 2.55 bits per heavy atom. The third-order valence-electron chi connectivity index (χ3n) is 4.06. The van der Waals surface area contributed by atoms with Gasteiger partial charge in [-0.2, -0.15) is 4.99 Å². The first kappa shape index (κ1) is 21.0. The van der Waals surface area contributed by atoms with Crippen molar-refractivity contribution in [2.45, 2.75) is 26.0 Å². The predicted molar refractivity (Wildman–Crippen MR) is 109 cm³/mol. The Kier molecular flexibility index (Phi) is 6.04. The molecule has 2 aromatic carbocycles. The van der Waals surface area contributed by atoms with Crippen molar-refractivity contribution >= 4 is 45.0 Å². The molecule has 152 valence electrons. The molecule has 0 spiro atoms. The molecular weight excluding hydrogens is 419 g/mol. The molecule has 1 amide bonds. The molecule has 0 aliphatic carbocycles. The molecule has 0 unspecified atom stereocenters. The summed E-state index contributed by atoms with van der Waals surface area (Å²) >= 11 is 6.96. The van der Waals surface area contributed by atoms with Gasteiger partial charge in [0.2, 0.25) is 0 Å². The molecule has 0 aliphatic heterocycles. The second-order valence-electron chi connectivity index (χ2n) is 6.64. The van der Waals surface area contributed by atoms with Gasteiger partial charge in [-0.25, -0.2) is 4.39 Å². The SMILES string of the molecule is COC(=O)Cn1c(=NC(=O)C(C)(C)Oc2ccc(Cl)cc2)sc2cc(F)ccc21. The van der Waals surface area contributed by atoms with E-state index in [9.17, 15) is 14.0 Å². The zero-order valence-corrected chi connectivity index (χ0v) is 17.5.